The summed E-state index contributed by atoms with van der Waals surface area (Å²) in [5, 5.41) is 3.03. The second-order valence-electron chi connectivity index (χ2n) is 7.05. The van der Waals surface area contributed by atoms with Crippen molar-refractivity contribution in [3.63, 3.8) is 0 Å². The Morgan fingerprint density at radius 3 is 2.62 bits per heavy atom. The van der Waals surface area contributed by atoms with E-state index in [2.05, 4.69) is 5.32 Å². The fourth-order valence-corrected chi connectivity index (χ4v) is 3.30. The zero-order valence-electron chi connectivity index (χ0n) is 14.8. The SMILES string of the molecule is CC(C)OCc1cccc(NC(=O)CC2(CN)CCCCC2)c1.Cl. The van der Waals surface area contributed by atoms with E-state index in [-0.39, 0.29) is 29.8 Å². The van der Waals surface area contributed by atoms with Crippen LogP contribution in [0, 0.1) is 5.41 Å². The highest BCUT2D eigenvalue weighted by molar-refractivity contribution is 5.91. The molecule has 1 amide bonds. The van der Waals surface area contributed by atoms with Gasteiger partial charge in [0.15, 0.2) is 0 Å². The topological polar surface area (TPSA) is 64.3 Å². The summed E-state index contributed by atoms with van der Waals surface area (Å²) >= 11 is 0. The Hall–Kier alpha value is -1.10. The van der Waals surface area contributed by atoms with Gasteiger partial charge in [-0.15, -0.1) is 12.4 Å². The van der Waals surface area contributed by atoms with Crippen molar-refractivity contribution in [2.45, 2.75) is 65.1 Å². The molecular weight excluding hydrogens is 324 g/mol. The Balaban J connectivity index is 0.00000288. The molecule has 5 heteroatoms. The third-order valence-electron chi connectivity index (χ3n) is 4.68. The number of carbonyl (C=O) groups excluding carboxylic acids is 1. The second kappa shape index (κ2) is 10.0. The second-order valence-corrected chi connectivity index (χ2v) is 7.05. The van der Waals surface area contributed by atoms with E-state index in [0.29, 0.717) is 19.6 Å². The molecule has 1 aromatic carbocycles. The molecule has 0 aliphatic heterocycles. The van der Waals surface area contributed by atoms with E-state index in [0.717, 1.165) is 24.1 Å². The number of carbonyl (C=O) groups is 1. The molecule has 2 rings (SSSR count). The van der Waals surface area contributed by atoms with Crippen LogP contribution in [-0.2, 0) is 16.1 Å². The summed E-state index contributed by atoms with van der Waals surface area (Å²) in [6.07, 6.45) is 6.50. The number of nitrogens with two attached hydrogens (primary N) is 1. The van der Waals surface area contributed by atoms with Gasteiger partial charge in [-0.3, -0.25) is 4.79 Å². The molecule has 1 aliphatic rings. The molecule has 24 heavy (non-hydrogen) atoms. The number of anilines is 1. The predicted molar refractivity (Wildman–Crippen MR) is 101 cm³/mol. The van der Waals surface area contributed by atoms with Crippen LogP contribution >= 0.6 is 12.4 Å². The molecule has 0 spiro atoms. The normalized spacial score (nSPS) is 16.5. The van der Waals surface area contributed by atoms with Crippen molar-refractivity contribution < 1.29 is 9.53 Å². The number of rotatable bonds is 7. The molecular formula is C19H31ClN2O2. The van der Waals surface area contributed by atoms with Crippen molar-refractivity contribution in [3.8, 4) is 0 Å². The number of hydrogen-bond acceptors (Lipinski definition) is 3. The van der Waals surface area contributed by atoms with Gasteiger partial charge in [0.25, 0.3) is 0 Å². The van der Waals surface area contributed by atoms with E-state index in [4.69, 9.17) is 10.5 Å². The molecule has 0 unspecified atom stereocenters. The first-order valence-electron chi connectivity index (χ1n) is 8.73. The summed E-state index contributed by atoms with van der Waals surface area (Å²) in [5.74, 6) is 0.0688. The minimum atomic E-state index is 0. The van der Waals surface area contributed by atoms with Crippen LogP contribution in [0.4, 0.5) is 5.69 Å². The molecule has 0 heterocycles. The van der Waals surface area contributed by atoms with E-state index < -0.39 is 0 Å². The Morgan fingerprint density at radius 2 is 2.00 bits per heavy atom. The van der Waals surface area contributed by atoms with Crippen LogP contribution < -0.4 is 11.1 Å². The maximum atomic E-state index is 12.4. The van der Waals surface area contributed by atoms with Crippen molar-refractivity contribution in [2.24, 2.45) is 11.1 Å². The minimum Gasteiger partial charge on any atom is -0.374 e. The highest BCUT2D eigenvalue weighted by atomic mass is 35.5. The fourth-order valence-electron chi connectivity index (χ4n) is 3.30. The fraction of sp³-hybridized carbons (Fsp3) is 0.632. The Labute approximate surface area is 151 Å². The van der Waals surface area contributed by atoms with Crippen LogP contribution in [0.1, 0.15) is 57.9 Å². The quantitative estimate of drug-likeness (QED) is 0.768. The third kappa shape index (κ3) is 6.42. The maximum absolute atomic E-state index is 12.4. The van der Waals surface area contributed by atoms with Gasteiger partial charge in [-0.1, -0.05) is 31.4 Å². The molecule has 3 N–H and O–H groups in total. The average Bonchev–Trinajstić information content (AvgIpc) is 2.54. The minimum absolute atomic E-state index is 0. The van der Waals surface area contributed by atoms with Crippen molar-refractivity contribution in [1.82, 2.24) is 0 Å². The van der Waals surface area contributed by atoms with E-state index in [1.165, 1.54) is 19.3 Å². The monoisotopic (exact) mass is 354 g/mol. The summed E-state index contributed by atoms with van der Waals surface area (Å²) in [6.45, 7) is 5.20. The van der Waals surface area contributed by atoms with Crippen molar-refractivity contribution in [3.05, 3.63) is 29.8 Å². The summed E-state index contributed by atoms with van der Waals surface area (Å²) in [7, 11) is 0. The molecule has 0 atom stereocenters. The lowest BCUT2D eigenvalue weighted by atomic mass is 9.71. The smallest absolute Gasteiger partial charge is 0.224 e. The summed E-state index contributed by atoms with van der Waals surface area (Å²) < 4.78 is 5.61. The maximum Gasteiger partial charge on any atom is 0.224 e. The van der Waals surface area contributed by atoms with Crippen LogP contribution in [0.3, 0.4) is 0 Å². The van der Waals surface area contributed by atoms with Gasteiger partial charge in [0.1, 0.15) is 0 Å². The predicted octanol–water partition coefficient (Wildman–Crippen LogP) is 4.27. The number of nitrogens with one attached hydrogen (secondary N) is 1. The highest BCUT2D eigenvalue weighted by Crippen LogP contribution is 2.38. The molecule has 1 aromatic rings. The zero-order chi connectivity index (χ0) is 16.7. The van der Waals surface area contributed by atoms with Gasteiger partial charge in [-0.05, 0) is 56.3 Å². The summed E-state index contributed by atoms with van der Waals surface area (Å²) in [5.41, 5.74) is 7.88. The van der Waals surface area contributed by atoms with Gasteiger partial charge in [0.05, 0.1) is 12.7 Å². The lowest BCUT2D eigenvalue weighted by Gasteiger charge is -2.35. The molecule has 0 saturated heterocycles. The van der Waals surface area contributed by atoms with Crippen molar-refractivity contribution in [1.29, 1.82) is 0 Å². The van der Waals surface area contributed by atoms with Crippen LogP contribution in [0.5, 0.6) is 0 Å². The van der Waals surface area contributed by atoms with Crippen LogP contribution in [-0.4, -0.2) is 18.6 Å². The standard InChI is InChI=1S/C19H30N2O2.ClH/c1-15(2)23-13-16-7-6-8-17(11-16)21-18(22)12-19(14-20)9-4-3-5-10-19;/h6-8,11,15H,3-5,9-10,12-14,20H2,1-2H3,(H,21,22);1H. The lowest BCUT2D eigenvalue weighted by molar-refractivity contribution is -0.118. The highest BCUT2D eigenvalue weighted by Gasteiger charge is 2.32. The number of amides is 1. The first-order chi connectivity index (χ1) is 11.0. The van der Waals surface area contributed by atoms with E-state index >= 15 is 0 Å². The zero-order valence-corrected chi connectivity index (χ0v) is 15.7. The molecule has 1 fully saturated rings. The molecule has 1 saturated carbocycles. The van der Waals surface area contributed by atoms with Crippen LogP contribution in [0.2, 0.25) is 0 Å². The third-order valence-corrected chi connectivity index (χ3v) is 4.68. The molecule has 4 nitrogen and oxygen atoms in total. The van der Waals surface area contributed by atoms with Gasteiger partial charge in [0.2, 0.25) is 5.91 Å². The van der Waals surface area contributed by atoms with Gasteiger partial charge in [-0.25, -0.2) is 0 Å². The van der Waals surface area contributed by atoms with Crippen LogP contribution in [0.15, 0.2) is 24.3 Å². The summed E-state index contributed by atoms with van der Waals surface area (Å²) in [6, 6.07) is 7.87. The Morgan fingerprint density at radius 1 is 1.29 bits per heavy atom. The van der Waals surface area contributed by atoms with E-state index in [1.54, 1.807) is 0 Å². The van der Waals surface area contributed by atoms with Gasteiger partial charge in [0, 0.05) is 12.1 Å². The first-order valence-corrected chi connectivity index (χ1v) is 8.73. The first kappa shape index (κ1) is 20.9. The van der Waals surface area contributed by atoms with Gasteiger partial charge < -0.3 is 15.8 Å². The largest absolute Gasteiger partial charge is 0.374 e. The van der Waals surface area contributed by atoms with Crippen molar-refractivity contribution in [2.75, 3.05) is 11.9 Å². The molecule has 1 aliphatic carbocycles. The number of hydrogen-bond donors (Lipinski definition) is 2. The van der Waals surface area contributed by atoms with Gasteiger partial charge in [-0.2, -0.15) is 0 Å². The Bertz CT molecular complexity index is 514. The Kier molecular flexibility index (Phi) is 8.74. The molecule has 0 radical (unpaired) electrons. The molecule has 136 valence electrons. The number of ether oxygens (including phenoxy) is 1. The molecule has 0 aromatic heterocycles. The average molecular weight is 355 g/mol. The van der Waals surface area contributed by atoms with E-state index in [9.17, 15) is 4.79 Å². The lowest BCUT2D eigenvalue weighted by Crippen LogP contribution is -2.36. The van der Waals surface area contributed by atoms with Crippen molar-refractivity contribution >= 4 is 24.0 Å². The van der Waals surface area contributed by atoms with Crippen LogP contribution in [0.25, 0.3) is 0 Å². The number of halogens is 1. The number of benzene rings is 1. The molecule has 0 bridgehead atoms. The van der Waals surface area contributed by atoms with E-state index in [1.807, 2.05) is 38.1 Å². The summed E-state index contributed by atoms with van der Waals surface area (Å²) in [4.78, 5) is 12.4. The van der Waals surface area contributed by atoms with Gasteiger partial charge >= 0.3 is 0 Å².